The Morgan fingerprint density at radius 2 is 1.94 bits per heavy atom. The number of hydrogen-bond donors (Lipinski definition) is 2. The summed E-state index contributed by atoms with van der Waals surface area (Å²) in [5.41, 5.74) is 4.15. The van der Waals surface area contributed by atoms with Crippen molar-refractivity contribution in [2.45, 2.75) is 57.2 Å². The molecule has 1 spiro atoms. The highest BCUT2D eigenvalue weighted by molar-refractivity contribution is 6.06. The Hall–Kier alpha value is -2.97. The molecule has 4 heterocycles. The summed E-state index contributed by atoms with van der Waals surface area (Å²) in [6.45, 7) is 5.30. The summed E-state index contributed by atoms with van der Waals surface area (Å²) in [5.74, 6) is 0.821. The average molecular weight is 448 g/mol. The van der Waals surface area contributed by atoms with Crippen molar-refractivity contribution in [3.8, 4) is 0 Å². The molecule has 8 nitrogen and oxygen atoms in total. The molecule has 1 saturated heterocycles. The molecule has 33 heavy (non-hydrogen) atoms. The number of amides is 1. The minimum atomic E-state index is -0.515. The van der Waals surface area contributed by atoms with Crippen LogP contribution in [0.2, 0.25) is 0 Å². The van der Waals surface area contributed by atoms with Gasteiger partial charge in [-0.05, 0) is 68.9 Å². The van der Waals surface area contributed by atoms with Crippen molar-refractivity contribution in [3.63, 3.8) is 0 Å². The van der Waals surface area contributed by atoms with Crippen LogP contribution >= 0.6 is 0 Å². The van der Waals surface area contributed by atoms with Gasteiger partial charge in [-0.2, -0.15) is 4.98 Å². The largest absolute Gasteiger partial charge is 0.348 e. The first kappa shape index (κ1) is 20.6. The summed E-state index contributed by atoms with van der Waals surface area (Å²) in [5, 5.41) is 11.0. The Balaban J connectivity index is 1.19. The second-order valence-corrected chi connectivity index (χ2v) is 9.94. The highest BCUT2D eigenvalue weighted by atomic mass is 16.7. The van der Waals surface area contributed by atoms with Crippen molar-refractivity contribution >= 4 is 28.9 Å². The molecule has 0 bridgehead atoms. The van der Waals surface area contributed by atoms with Gasteiger partial charge in [-0.15, -0.1) is 5.10 Å². The van der Waals surface area contributed by atoms with Crippen molar-refractivity contribution < 1.29 is 14.3 Å². The fourth-order valence-corrected chi connectivity index (χ4v) is 5.37. The third-order valence-corrected chi connectivity index (χ3v) is 7.38. The normalized spacial score (nSPS) is 21.5. The van der Waals surface area contributed by atoms with Crippen molar-refractivity contribution in [2.24, 2.45) is 5.92 Å². The number of carbonyl (C=O) groups excluding carboxylic acids is 1. The predicted octanol–water partition coefficient (Wildman–Crippen LogP) is 4.18. The Morgan fingerprint density at radius 3 is 2.73 bits per heavy atom. The fourth-order valence-electron chi connectivity index (χ4n) is 5.37. The van der Waals surface area contributed by atoms with E-state index >= 15 is 0 Å². The molecule has 1 aromatic carbocycles. The minimum Gasteiger partial charge on any atom is -0.348 e. The minimum absolute atomic E-state index is 0.0184. The Kier molecular flexibility index (Phi) is 4.71. The fraction of sp³-hybridized carbons (Fsp3) is 0.480. The Labute approximate surface area is 192 Å². The number of anilines is 3. The summed E-state index contributed by atoms with van der Waals surface area (Å²) in [7, 11) is 0. The SMILES string of the molecule is CC1(C)C(=O)Nc2cc(Nc3nc4cccc(CC5CCC6(CC5)OCCO6)n4n3)ccc21. The molecule has 1 amide bonds. The van der Waals surface area contributed by atoms with Crippen LogP contribution in [0.5, 0.6) is 0 Å². The van der Waals surface area contributed by atoms with Gasteiger partial charge < -0.3 is 20.1 Å². The van der Waals surface area contributed by atoms with Gasteiger partial charge in [-0.25, -0.2) is 4.52 Å². The molecule has 2 fully saturated rings. The van der Waals surface area contributed by atoms with E-state index in [1.54, 1.807) is 0 Å². The van der Waals surface area contributed by atoms with E-state index in [9.17, 15) is 4.79 Å². The third kappa shape index (κ3) is 3.57. The van der Waals surface area contributed by atoms with Gasteiger partial charge in [0.1, 0.15) is 0 Å². The van der Waals surface area contributed by atoms with Crippen molar-refractivity contribution in [3.05, 3.63) is 47.7 Å². The molecular weight excluding hydrogens is 418 g/mol. The zero-order chi connectivity index (χ0) is 22.6. The molecule has 1 saturated carbocycles. The highest BCUT2D eigenvalue weighted by Crippen LogP contribution is 2.40. The average Bonchev–Trinajstić information content (AvgIpc) is 3.47. The van der Waals surface area contributed by atoms with Crippen LogP contribution in [0.1, 0.15) is 50.8 Å². The second kappa shape index (κ2) is 7.53. The molecule has 0 unspecified atom stereocenters. The van der Waals surface area contributed by atoms with Crippen LogP contribution in [-0.4, -0.2) is 39.5 Å². The van der Waals surface area contributed by atoms with Crippen LogP contribution in [0.3, 0.4) is 0 Å². The lowest BCUT2D eigenvalue weighted by molar-refractivity contribution is -0.182. The molecule has 2 N–H and O–H groups in total. The number of benzene rings is 1. The van der Waals surface area contributed by atoms with Gasteiger partial charge in [0, 0.05) is 29.9 Å². The molecule has 0 radical (unpaired) electrons. The summed E-state index contributed by atoms with van der Waals surface area (Å²) in [6, 6.07) is 12.1. The van der Waals surface area contributed by atoms with E-state index in [4.69, 9.17) is 14.6 Å². The zero-order valence-electron chi connectivity index (χ0n) is 19.1. The number of nitrogens with zero attached hydrogens (tertiary/aromatic N) is 3. The molecule has 8 heteroatoms. The van der Waals surface area contributed by atoms with E-state index < -0.39 is 5.41 Å². The topological polar surface area (TPSA) is 89.8 Å². The predicted molar refractivity (Wildman–Crippen MR) is 125 cm³/mol. The molecule has 172 valence electrons. The zero-order valence-corrected chi connectivity index (χ0v) is 19.1. The Bertz CT molecular complexity index is 1220. The third-order valence-electron chi connectivity index (χ3n) is 7.38. The van der Waals surface area contributed by atoms with Crippen molar-refractivity contribution in [1.82, 2.24) is 14.6 Å². The number of aromatic nitrogens is 3. The van der Waals surface area contributed by atoms with E-state index in [1.807, 2.05) is 48.7 Å². The molecule has 1 aliphatic carbocycles. The molecule has 2 aliphatic heterocycles. The van der Waals surface area contributed by atoms with E-state index in [1.165, 1.54) is 0 Å². The van der Waals surface area contributed by atoms with Gasteiger partial charge in [-0.3, -0.25) is 4.79 Å². The number of fused-ring (bicyclic) bond motifs is 2. The molecule has 2 aromatic heterocycles. The number of nitrogens with one attached hydrogen (secondary N) is 2. The van der Waals surface area contributed by atoms with Crippen LogP contribution in [0.25, 0.3) is 5.65 Å². The monoisotopic (exact) mass is 447 g/mol. The first-order valence-electron chi connectivity index (χ1n) is 11.8. The van der Waals surface area contributed by atoms with Gasteiger partial charge in [0.2, 0.25) is 11.9 Å². The van der Waals surface area contributed by atoms with Gasteiger partial charge >= 0.3 is 0 Å². The van der Waals surface area contributed by atoms with Crippen LogP contribution < -0.4 is 10.6 Å². The number of carbonyl (C=O) groups is 1. The quantitative estimate of drug-likeness (QED) is 0.624. The first-order valence-corrected chi connectivity index (χ1v) is 11.8. The van der Waals surface area contributed by atoms with Crippen LogP contribution in [0.15, 0.2) is 36.4 Å². The lowest BCUT2D eigenvalue weighted by Crippen LogP contribution is -2.35. The standard InChI is InChI=1S/C25H29N5O3/c1-24(2)19-7-6-17(15-20(19)27-22(24)31)26-23-28-21-5-3-4-18(30(21)29-23)14-16-8-10-25(11-9-16)32-12-13-33-25/h3-7,15-16H,8-14H2,1-2H3,(H,26,29)(H,27,31). The molecule has 0 atom stereocenters. The number of pyridine rings is 1. The van der Waals surface area contributed by atoms with Crippen molar-refractivity contribution in [2.75, 3.05) is 23.8 Å². The van der Waals surface area contributed by atoms with Gasteiger partial charge in [0.05, 0.1) is 18.6 Å². The molecular formula is C25H29N5O3. The van der Waals surface area contributed by atoms with Gasteiger partial charge in [0.15, 0.2) is 11.4 Å². The van der Waals surface area contributed by atoms with Gasteiger partial charge in [-0.1, -0.05) is 12.1 Å². The molecule has 3 aliphatic rings. The maximum absolute atomic E-state index is 12.2. The van der Waals surface area contributed by atoms with E-state index in [0.29, 0.717) is 25.1 Å². The van der Waals surface area contributed by atoms with Crippen LogP contribution in [0, 0.1) is 5.92 Å². The highest BCUT2D eigenvalue weighted by Gasteiger charge is 2.40. The number of rotatable bonds is 4. The lowest BCUT2D eigenvalue weighted by atomic mass is 9.82. The van der Waals surface area contributed by atoms with E-state index in [-0.39, 0.29) is 11.7 Å². The first-order chi connectivity index (χ1) is 15.9. The van der Waals surface area contributed by atoms with E-state index in [2.05, 4.69) is 21.7 Å². The summed E-state index contributed by atoms with van der Waals surface area (Å²) < 4.78 is 13.7. The van der Waals surface area contributed by atoms with Crippen molar-refractivity contribution in [1.29, 1.82) is 0 Å². The van der Waals surface area contributed by atoms with Crippen LogP contribution in [0.4, 0.5) is 17.3 Å². The maximum Gasteiger partial charge on any atom is 0.247 e. The van der Waals surface area contributed by atoms with Gasteiger partial charge in [0.25, 0.3) is 0 Å². The van der Waals surface area contributed by atoms with Crippen LogP contribution in [-0.2, 0) is 26.1 Å². The number of hydrogen-bond acceptors (Lipinski definition) is 6. The molecule has 3 aromatic rings. The maximum atomic E-state index is 12.2. The smallest absolute Gasteiger partial charge is 0.247 e. The molecule has 6 rings (SSSR count). The lowest BCUT2D eigenvalue weighted by Gasteiger charge is -2.35. The summed E-state index contributed by atoms with van der Waals surface area (Å²) in [4.78, 5) is 16.9. The van der Waals surface area contributed by atoms with E-state index in [0.717, 1.165) is 60.4 Å². The summed E-state index contributed by atoms with van der Waals surface area (Å²) >= 11 is 0. The number of ether oxygens (including phenoxy) is 2. The second-order valence-electron chi connectivity index (χ2n) is 9.94. The Morgan fingerprint density at radius 1 is 1.15 bits per heavy atom. The summed E-state index contributed by atoms with van der Waals surface area (Å²) in [6.07, 6.45) is 5.06.